The Bertz CT molecular complexity index is 761. The molecule has 4 atom stereocenters. The van der Waals surface area contributed by atoms with Gasteiger partial charge in [-0.15, -0.1) is 0 Å². The Balaban J connectivity index is 1.51. The number of rotatable bonds is 4. The molecule has 1 aromatic carbocycles. The highest BCUT2D eigenvalue weighted by atomic mass is 16.3. The monoisotopic (exact) mass is 340 g/mol. The molecule has 2 aromatic rings. The van der Waals surface area contributed by atoms with Gasteiger partial charge in [-0.3, -0.25) is 9.78 Å². The van der Waals surface area contributed by atoms with Crippen molar-refractivity contribution in [2.75, 3.05) is 26.3 Å². The van der Waals surface area contributed by atoms with Crippen LogP contribution in [0.3, 0.4) is 0 Å². The number of aliphatic hydroxyl groups is 2. The van der Waals surface area contributed by atoms with E-state index in [4.69, 9.17) is 0 Å². The van der Waals surface area contributed by atoms with Crippen LogP contribution in [0, 0.1) is 17.8 Å². The molecule has 2 fully saturated rings. The number of para-hydroxylation sites is 1. The molecule has 5 nitrogen and oxygen atoms in total. The van der Waals surface area contributed by atoms with Gasteiger partial charge in [0.15, 0.2) is 0 Å². The summed E-state index contributed by atoms with van der Waals surface area (Å²) in [7, 11) is 0. The van der Waals surface area contributed by atoms with Crippen molar-refractivity contribution >= 4 is 16.8 Å². The summed E-state index contributed by atoms with van der Waals surface area (Å²) in [6.45, 7) is 1.35. The summed E-state index contributed by atoms with van der Waals surface area (Å²) in [5, 5.41) is 20.1. The minimum Gasteiger partial charge on any atom is -0.396 e. The molecule has 2 heterocycles. The van der Waals surface area contributed by atoms with Gasteiger partial charge in [0, 0.05) is 55.6 Å². The first kappa shape index (κ1) is 16.5. The molecule has 1 aliphatic heterocycles. The molecule has 1 aliphatic carbocycles. The third-order valence-electron chi connectivity index (χ3n) is 5.64. The first-order chi connectivity index (χ1) is 12.2. The van der Waals surface area contributed by atoms with E-state index < -0.39 is 0 Å². The van der Waals surface area contributed by atoms with E-state index in [1.54, 1.807) is 0 Å². The lowest BCUT2D eigenvalue weighted by Gasteiger charge is -2.36. The van der Waals surface area contributed by atoms with Crippen LogP contribution >= 0.6 is 0 Å². The highest BCUT2D eigenvalue weighted by Gasteiger charge is 2.47. The van der Waals surface area contributed by atoms with Crippen molar-refractivity contribution in [3.8, 4) is 0 Å². The van der Waals surface area contributed by atoms with Crippen molar-refractivity contribution in [2.24, 2.45) is 17.8 Å². The Morgan fingerprint density at radius 3 is 2.52 bits per heavy atom. The molecule has 1 saturated carbocycles. The number of likely N-dealkylation sites (tertiary alicyclic amines) is 1. The van der Waals surface area contributed by atoms with Gasteiger partial charge in [0.1, 0.15) is 0 Å². The summed E-state index contributed by atoms with van der Waals surface area (Å²) < 4.78 is 0. The van der Waals surface area contributed by atoms with Gasteiger partial charge in [-0.2, -0.15) is 0 Å². The predicted octanol–water partition coefficient (Wildman–Crippen LogP) is 1.79. The van der Waals surface area contributed by atoms with Crippen molar-refractivity contribution in [1.82, 2.24) is 9.88 Å². The lowest BCUT2D eigenvalue weighted by atomic mass is 9.90. The molecule has 0 radical (unpaired) electrons. The number of pyridine rings is 1. The van der Waals surface area contributed by atoms with Crippen LogP contribution in [-0.2, 0) is 4.79 Å². The molecule has 2 N–H and O–H groups in total. The van der Waals surface area contributed by atoms with Gasteiger partial charge in [0.05, 0.1) is 5.52 Å². The third kappa shape index (κ3) is 3.14. The first-order valence-corrected chi connectivity index (χ1v) is 9.05. The molecule has 1 saturated heterocycles. The summed E-state index contributed by atoms with van der Waals surface area (Å²) >= 11 is 0. The molecule has 5 heteroatoms. The van der Waals surface area contributed by atoms with Crippen LogP contribution in [0.25, 0.3) is 10.9 Å². The zero-order chi connectivity index (χ0) is 17.4. The summed E-state index contributed by atoms with van der Waals surface area (Å²) in [5.41, 5.74) is 2.18. The Kier molecular flexibility index (Phi) is 4.44. The second kappa shape index (κ2) is 6.73. The smallest absolute Gasteiger partial charge is 0.226 e. The fourth-order valence-corrected chi connectivity index (χ4v) is 4.25. The van der Waals surface area contributed by atoms with Gasteiger partial charge in [-0.1, -0.05) is 18.2 Å². The summed E-state index contributed by atoms with van der Waals surface area (Å²) in [4.78, 5) is 19.2. The number of amides is 1. The molecule has 25 heavy (non-hydrogen) atoms. The summed E-state index contributed by atoms with van der Waals surface area (Å²) in [5.74, 6) is 0.593. The Labute approximate surface area is 147 Å². The average Bonchev–Trinajstić information content (AvgIpc) is 3.47. The van der Waals surface area contributed by atoms with Crippen LogP contribution in [0.1, 0.15) is 24.3 Å². The predicted molar refractivity (Wildman–Crippen MR) is 94.9 cm³/mol. The van der Waals surface area contributed by atoms with E-state index in [1.807, 2.05) is 35.4 Å². The standard InChI is InChI=1S/C20H24N2O3/c23-11-13-7-14(12-24)10-22(9-13)20(25)18-8-17(18)15-5-6-21-19-4-2-1-3-16(15)19/h1-6,13-14,17-18,23-24H,7-12H2/t13?,14?,17-,18+/m0/s1. The number of carbonyl (C=O) groups excluding carboxylic acids is 1. The normalized spacial score (nSPS) is 29.0. The van der Waals surface area contributed by atoms with Crippen LogP contribution < -0.4 is 0 Å². The topological polar surface area (TPSA) is 73.7 Å². The number of nitrogens with zero attached hydrogens (tertiary/aromatic N) is 2. The number of hydrogen-bond donors (Lipinski definition) is 2. The van der Waals surface area contributed by atoms with Crippen molar-refractivity contribution in [1.29, 1.82) is 0 Å². The average molecular weight is 340 g/mol. The van der Waals surface area contributed by atoms with Crippen LogP contribution in [0.15, 0.2) is 36.5 Å². The van der Waals surface area contributed by atoms with Crippen LogP contribution in [0.4, 0.5) is 0 Å². The van der Waals surface area contributed by atoms with E-state index in [1.165, 1.54) is 5.56 Å². The SMILES string of the molecule is O=C([C@@H]1C[C@H]1c1ccnc2ccccc12)N1CC(CO)CC(CO)C1. The van der Waals surface area contributed by atoms with Gasteiger partial charge in [0.25, 0.3) is 0 Å². The van der Waals surface area contributed by atoms with Crippen molar-refractivity contribution in [3.63, 3.8) is 0 Å². The lowest BCUT2D eigenvalue weighted by Crippen LogP contribution is -2.46. The minimum atomic E-state index is 0.0163. The molecule has 0 bridgehead atoms. The Hall–Kier alpha value is -1.98. The van der Waals surface area contributed by atoms with E-state index >= 15 is 0 Å². The van der Waals surface area contributed by atoms with Gasteiger partial charge < -0.3 is 15.1 Å². The minimum absolute atomic E-state index is 0.0163. The maximum Gasteiger partial charge on any atom is 0.226 e. The van der Waals surface area contributed by atoms with Gasteiger partial charge in [-0.25, -0.2) is 0 Å². The van der Waals surface area contributed by atoms with Crippen LogP contribution in [-0.4, -0.2) is 52.3 Å². The molecule has 132 valence electrons. The van der Waals surface area contributed by atoms with Gasteiger partial charge in [-0.05, 0) is 36.5 Å². The van der Waals surface area contributed by atoms with Gasteiger partial charge >= 0.3 is 0 Å². The molecule has 2 aliphatic rings. The van der Waals surface area contributed by atoms with Crippen LogP contribution in [0.5, 0.6) is 0 Å². The number of piperidine rings is 1. The number of benzene rings is 1. The number of fused-ring (bicyclic) bond motifs is 1. The van der Waals surface area contributed by atoms with E-state index in [9.17, 15) is 15.0 Å². The van der Waals surface area contributed by atoms with E-state index in [0.717, 1.165) is 23.7 Å². The number of aliphatic hydroxyl groups excluding tert-OH is 2. The third-order valence-corrected chi connectivity index (χ3v) is 5.64. The molecule has 1 aromatic heterocycles. The quantitative estimate of drug-likeness (QED) is 0.890. The van der Waals surface area contributed by atoms with Crippen molar-refractivity contribution < 1.29 is 15.0 Å². The van der Waals surface area contributed by atoms with Gasteiger partial charge in [0.2, 0.25) is 5.91 Å². The van der Waals surface area contributed by atoms with Crippen molar-refractivity contribution in [3.05, 3.63) is 42.1 Å². The fourth-order valence-electron chi connectivity index (χ4n) is 4.25. The van der Waals surface area contributed by atoms with E-state index in [0.29, 0.717) is 13.1 Å². The summed E-state index contributed by atoms with van der Waals surface area (Å²) in [6, 6.07) is 10.1. The molecule has 0 spiro atoms. The van der Waals surface area contributed by atoms with Crippen molar-refractivity contribution in [2.45, 2.75) is 18.8 Å². The highest BCUT2D eigenvalue weighted by molar-refractivity contribution is 5.87. The van der Waals surface area contributed by atoms with E-state index in [-0.39, 0.29) is 42.8 Å². The number of hydrogen-bond acceptors (Lipinski definition) is 4. The zero-order valence-electron chi connectivity index (χ0n) is 14.2. The van der Waals surface area contributed by atoms with Crippen LogP contribution in [0.2, 0.25) is 0 Å². The second-order valence-electron chi connectivity index (χ2n) is 7.44. The maximum absolute atomic E-state index is 13.0. The largest absolute Gasteiger partial charge is 0.396 e. The molecular formula is C20H24N2O3. The fraction of sp³-hybridized carbons (Fsp3) is 0.500. The molecule has 4 rings (SSSR count). The summed E-state index contributed by atoms with van der Waals surface area (Å²) in [6.07, 6.45) is 3.48. The Morgan fingerprint density at radius 2 is 1.80 bits per heavy atom. The molecule has 2 unspecified atom stereocenters. The second-order valence-corrected chi connectivity index (χ2v) is 7.44. The number of aromatic nitrogens is 1. The molecular weight excluding hydrogens is 316 g/mol. The number of carbonyl (C=O) groups is 1. The lowest BCUT2D eigenvalue weighted by molar-refractivity contribution is -0.136. The van der Waals surface area contributed by atoms with E-state index in [2.05, 4.69) is 11.1 Å². The highest BCUT2D eigenvalue weighted by Crippen LogP contribution is 2.50. The first-order valence-electron chi connectivity index (χ1n) is 9.05. The maximum atomic E-state index is 13.0. The molecule has 1 amide bonds. The Morgan fingerprint density at radius 1 is 1.08 bits per heavy atom. The zero-order valence-corrected chi connectivity index (χ0v) is 14.2.